The van der Waals surface area contributed by atoms with E-state index >= 15 is 0 Å². The van der Waals surface area contributed by atoms with Gasteiger partial charge in [0.15, 0.2) is 0 Å². The summed E-state index contributed by atoms with van der Waals surface area (Å²) in [6, 6.07) is 14.1. The number of nitrogens with zero attached hydrogens (tertiary/aromatic N) is 3. The zero-order valence-corrected chi connectivity index (χ0v) is 17.0. The Bertz CT molecular complexity index is 1050. The van der Waals surface area contributed by atoms with Gasteiger partial charge in [0.1, 0.15) is 11.6 Å². The first-order valence-electron chi connectivity index (χ1n) is 9.78. The van der Waals surface area contributed by atoms with E-state index in [0.717, 1.165) is 34.8 Å². The standard InChI is InChI=1S/C23H22ClN3O2/c1-2-21-25-20-11-13-27(23(29)16-4-3-5-17(24)14-16)12-10-19(20)22(26-21)15-6-8-18(28)9-7-15/h3-9,14,28H,2,10-13H2,1H3. The predicted octanol–water partition coefficient (Wildman–Crippen LogP) is 4.31. The van der Waals surface area contributed by atoms with E-state index in [-0.39, 0.29) is 11.7 Å². The molecule has 2 heterocycles. The van der Waals surface area contributed by atoms with Crippen LogP contribution >= 0.6 is 11.6 Å². The number of phenols is 1. The van der Waals surface area contributed by atoms with Gasteiger partial charge in [-0.15, -0.1) is 0 Å². The van der Waals surface area contributed by atoms with Gasteiger partial charge in [-0.3, -0.25) is 4.79 Å². The lowest BCUT2D eigenvalue weighted by Crippen LogP contribution is -2.33. The summed E-state index contributed by atoms with van der Waals surface area (Å²) in [4.78, 5) is 24.4. The van der Waals surface area contributed by atoms with Crippen molar-refractivity contribution in [1.82, 2.24) is 14.9 Å². The Kier molecular flexibility index (Phi) is 5.49. The van der Waals surface area contributed by atoms with Gasteiger partial charge in [-0.05, 0) is 48.9 Å². The number of fused-ring (bicyclic) bond motifs is 1. The summed E-state index contributed by atoms with van der Waals surface area (Å²) < 4.78 is 0. The highest BCUT2D eigenvalue weighted by atomic mass is 35.5. The summed E-state index contributed by atoms with van der Waals surface area (Å²) in [6.45, 7) is 3.24. The molecule has 0 aliphatic carbocycles. The number of benzene rings is 2. The molecule has 148 valence electrons. The maximum atomic E-state index is 13.0. The van der Waals surface area contributed by atoms with Crippen LogP contribution < -0.4 is 0 Å². The summed E-state index contributed by atoms with van der Waals surface area (Å²) in [5, 5.41) is 10.2. The van der Waals surface area contributed by atoms with E-state index in [9.17, 15) is 9.90 Å². The number of aromatic nitrogens is 2. The summed E-state index contributed by atoms with van der Waals surface area (Å²) >= 11 is 6.06. The lowest BCUT2D eigenvalue weighted by Gasteiger charge is -2.20. The molecule has 1 aromatic heterocycles. The van der Waals surface area contributed by atoms with E-state index < -0.39 is 0 Å². The number of aryl methyl sites for hydroxylation is 1. The molecule has 0 fully saturated rings. The maximum Gasteiger partial charge on any atom is 0.253 e. The lowest BCUT2D eigenvalue weighted by atomic mass is 10.0. The van der Waals surface area contributed by atoms with Crippen LogP contribution in [-0.4, -0.2) is 39.0 Å². The van der Waals surface area contributed by atoms with Crippen molar-refractivity contribution in [2.45, 2.75) is 26.2 Å². The summed E-state index contributed by atoms with van der Waals surface area (Å²) in [5.74, 6) is 1.000. The van der Waals surface area contributed by atoms with Crippen molar-refractivity contribution in [3.05, 3.63) is 76.2 Å². The van der Waals surface area contributed by atoms with Crippen molar-refractivity contribution in [3.8, 4) is 17.0 Å². The van der Waals surface area contributed by atoms with Crippen molar-refractivity contribution in [1.29, 1.82) is 0 Å². The molecule has 0 spiro atoms. The van der Waals surface area contributed by atoms with Gasteiger partial charge in [0.25, 0.3) is 5.91 Å². The van der Waals surface area contributed by atoms with E-state index in [4.69, 9.17) is 21.6 Å². The van der Waals surface area contributed by atoms with Crippen LogP contribution in [0.5, 0.6) is 5.75 Å². The molecule has 6 heteroatoms. The second-order valence-electron chi connectivity index (χ2n) is 7.12. The number of amides is 1. The Morgan fingerprint density at radius 1 is 1.10 bits per heavy atom. The smallest absolute Gasteiger partial charge is 0.253 e. The molecule has 0 unspecified atom stereocenters. The SMILES string of the molecule is CCc1nc2c(c(-c3ccc(O)cc3)n1)CCN(C(=O)c1cccc(Cl)c1)CC2. The molecule has 1 N–H and O–H groups in total. The van der Waals surface area contributed by atoms with Crippen LogP contribution in [0.15, 0.2) is 48.5 Å². The Labute approximate surface area is 175 Å². The van der Waals surface area contributed by atoms with Crippen LogP contribution in [0.2, 0.25) is 5.02 Å². The molecule has 0 radical (unpaired) electrons. The van der Waals surface area contributed by atoms with E-state index in [2.05, 4.69) is 0 Å². The average molecular weight is 408 g/mol. The number of phenolic OH excluding ortho intramolecular Hbond substituents is 1. The van der Waals surface area contributed by atoms with Gasteiger partial charge >= 0.3 is 0 Å². The number of aromatic hydroxyl groups is 1. The first-order valence-corrected chi connectivity index (χ1v) is 10.2. The fraction of sp³-hybridized carbons (Fsp3) is 0.261. The molecule has 0 bridgehead atoms. The van der Waals surface area contributed by atoms with Gasteiger partial charge < -0.3 is 10.0 Å². The first-order chi connectivity index (χ1) is 14.0. The maximum absolute atomic E-state index is 13.0. The van der Waals surface area contributed by atoms with Crippen molar-refractivity contribution in [2.75, 3.05) is 13.1 Å². The highest BCUT2D eigenvalue weighted by Gasteiger charge is 2.24. The van der Waals surface area contributed by atoms with Crippen LogP contribution in [0.3, 0.4) is 0 Å². The molecule has 29 heavy (non-hydrogen) atoms. The van der Waals surface area contributed by atoms with E-state index in [1.807, 2.05) is 24.0 Å². The molecule has 3 aromatic rings. The van der Waals surface area contributed by atoms with Crippen LogP contribution in [-0.2, 0) is 19.3 Å². The zero-order valence-electron chi connectivity index (χ0n) is 16.2. The molecule has 4 rings (SSSR count). The average Bonchev–Trinajstić information content (AvgIpc) is 2.96. The van der Waals surface area contributed by atoms with Gasteiger partial charge in [-0.2, -0.15) is 0 Å². The molecule has 0 saturated carbocycles. The number of halogens is 1. The molecule has 0 atom stereocenters. The summed E-state index contributed by atoms with van der Waals surface area (Å²) in [7, 11) is 0. The molecule has 5 nitrogen and oxygen atoms in total. The van der Waals surface area contributed by atoms with Crippen LogP contribution in [0.4, 0.5) is 0 Å². The van der Waals surface area contributed by atoms with Gasteiger partial charge in [0.05, 0.1) is 5.69 Å². The van der Waals surface area contributed by atoms with Gasteiger partial charge in [-0.25, -0.2) is 9.97 Å². The lowest BCUT2D eigenvalue weighted by molar-refractivity contribution is 0.0763. The fourth-order valence-electron chi connectivity index (χ4n) is 3.67. The second-order valence-corrected chi connectivity index (χ2v) is 7.55. The Morgan fingerprint density at radius 2 is 1.86 bits per heavy atom. The molecule has 1 aliphatic heterocycles. The highest BCUT2D eigenvalue weighted by Crippen LogP contribution is 2.28. The minimum absolute atomic E-state index is 0.0184. The van der Waals surface area contributed by atoms with Crippen molar-refractivity contribution in [3.63, 3.8) is 0 Å². The Morgan fingerprint density at radius 3 is 2.59 bits per heavy atom. The Hall–Kier alpha value is -2.92. The normalized spacial score (nSPS) is 13.7. The third-order valence-corrected chi connectivity index (χ3v) is 5.44. The van der Waals surface area contributed by atoms with E-state index in [0.29, 0.717) is 36.5 Å². The van der Waals surface area contributed by atoms with Crippen molar-refractivity contribution < 1.29 is 9.90 Å². The van der Waals surface area contributed by atoms with Crippen molar-refractivity contribution >= 4 is 17.5 Å². The molecular weight excluding hydrogens is 386 g/mol. The number of rotatable bonds is 3. The monoisotopic (exact) mass is 407 g/mol. The van der Waals surface area contributed by atoms with E-state index in [1.165, 1.54) is 0 Å². The number of carbonyl (C=O) groups is 1. The third-order valence-electron chi connectivity index (χ3n) is 5.21. The minimum atomic E-state index is -0.0184. The molecule has 1 aliphatic rings. The quantitative estimate of drug-likeness (QED) is 0.702. The van der Waals surface area contributed by atoms with Crippen molar-refractivity contribution in [2.24, 2.45) is 0 Å². The molecule has 1 amide bonds. The molecule has 2 aromatic carbocycles. The zero-order chi connectivity index (χ0) is 20.4. The summed E-state index contributed by atoms with van der Waals surface area (Å²) in [5.41, 5.74) is 4.52. The number of hydrogen-bond acceptors (Lipinski definition) is 4. The van der Waals surface area contributed by atoms with Gasteiger partial charge in [-0.1, -0.05) is 24.6 Å². The first kappa shape index (κ1) is 19.4. The minimum Gasteiger partial charge on any atom is -0.508 e. The van der Waals surface area contributed by atoms with E-state index in [1.54, 1.807) is 36.4 Å². The fourth-order valence-corrected chi connectivity index (χ4v) is 3.86. The number of hydrogen-bond donors (Lipinski definition) is 1. The second kappa shape index (κ2) is 8.21. The summed E-state index contributed by atoms with van der Waals surface area (Å²) in [6.07, 6.45) is 2.10. The van der Waals surface area contributed by atoms with Gasteiger partial charge in [0, 0.05) is 53.3 Å². The largest absolute Gasteiger partial charge is 0.508 e. The van der Waals surface area contributed by atoms with Crippen LogP contribution in [0.25, 0.3) is 11.3 Å². The van der Waals surface area contributed by atoms with Crippen LogP contribution in [0, 0.1) is 0 Å². The third kappa shape index (κ3) is 4.10. The van der Waals surface area contributed by atoms with Gasteiger partial charge in [0.2, 0.25) is 0 Å². The molecular formula is C23H22ClN3O2. The molecule has 0 saturated heterocycles. The van der Waals surface area contributed by atoms with Crippen LogP contribution in [0.1, 0.15) is 34.4 Å². The predicted molar refractivity (Wildman–Crippen MR) is 113 cm³/mol. The topological polar surface area (TPSA) is 66.3 Å². The highest BCUT2D eigenvalue weighted by molar-refractivity contribution is 6.30. The number of carbonyl (C=O) groups excluding carboxylic acids is 1. The Balaban J connectivity index is 1.66.